The van der Waals surface area contributed by atoms with Gasteiger partial charge >= 0.3 is 0 Å². The third-order valence-electron chi connectivity index (χ3n) is 3.22. The van der Waals surface area contributed by atoms with Crippen LogP contribution in [0.3, 0.4) is 0 Å². The van der Waals surface area contributed by atoms with Crippen molar-refractivity contribution in [1.29, 1.82) is 0 Å². The Bertz CT molecular complexity index is 461. The molecule has 0 saturated heterocycles. The van der Waals surface area contributed by atoms with Gasteiger partial charge in [0.2, 0.25) is 0 Å². The Kier molecular flexibility index (Phi) is 5.23. The Hall–Kier alpha value is -1.06. The number of hydrogen-bond donors (Lipinski definition) is 1. The molecule has 4 heteroatoms. The predicted octanol–water partition coefficient (Wildman–Crippen LogP) is 4.21. The lowest BCUT2D eigenvalue weighted by Crippen LogP contribution is -2.26. The lowest BCUT2D eigenvalue weighted by molar-refractivity contribution is 0.219. The lowest BCUT2D eigenvalue weighted by atomic mass is 9.94. The second-order valence-electron chi connectivity index (χ2n) is 4.70. The maximum absolute atomic E-state index is 14.2. The maximum Gasteiger partial charge on any atom is 0.146 e. The highest BCUT2D eigenvalue weighted by Crippen LogP contribution is 2.31. The van der Waals surface area contributed by atoms with E-state index in [-0.39, 0.29) is 16.9 Å². The Morgan fingerprint density at radius 2 is 2.32 bits per heavy atom. The molecule has 0 aromatic heterocycles. The molecule has 0 amide bonds. The minimum Gasteiger partial charge on any atom is -0.501 e. The third kappa shape index (κ3) is 3.48. The molecule has 0 spiro atoms. The molecule has 19 heavy (non-hydrogen) atoms. The topological polar surface area (TPSA) is 21.3 Å². The van der Waals surface area contributed by atoms with E-state index in [4.69, 9.17) is 16.3 Å². The summed E-state index contributed by atoms with van der Waals surface area (Å²) in [6, 6.07) is 4.98. The second-order valence-corrected chi connectivity index (χ2v) is 5.10. The van der Waals surface area contributed by atoms with E-state index in [1.807, 2.05) is 0 Å². The van der Waals surface area contributed by atoms with Gasteiger partial charge in [-0.1, -0.05) is 30.7 Å². The van der Waals surface area contributed by atoms with Crippen LogP contribution < -0.4 is 5.32 Å². The van der Waals surface area contributed by atoms with Crippen molar-refractivity contribution in [2.75, 3.05) is 13.2 Å². The summed E-state index contributed by atoms with van der Waals surface area (Å²) in [6.07, 6.45) is 4.65. The minimum absolute atomic E-state index is 0.154. The summed E-state index contributed by atoms with van der Waals surface area (Å²) in [5.74, 6) is -0.343. The van der Waals surface area contributed by atoms with Crippen LogP contribution in [0.1, 0.15) is 37.8 Å². The van der Waals surface area contributed by atoms with Gasteiger partial charge in [-0.2, -0.15) is 0 Å². The summed E-state index contributed by atoms with van der Waals surface area (Å²) in [5.41, 5.74) is 1.68. The van der Waals surface area contributed by atoms with Crippen molar-refractivity contribution in [3.8, 4) is 0 Å². The van der Waals surface area contributed by atoms with E-state index in [0.717, 1.165) is 38.0 Å². The Morgan fingerprint density at radius 1 is 1.47 bits per heavy atom. The first-order valence-corrected chi connectivity index (χ1v) is 7.09. The van der Waals surface area contributed by atoms with E-state index in [9.17, 15) is 4.39 Å². The van der Waals surface area contributed by atoms with Crippen LogP contribution in [0.2, 0.25) is 5.02 Å². The molecular weight excluding hydrogens is 265 g/mol. The number of rotatable bonds is 5. The summed E-state index contributed by atoms with van der Waals surface area (Å²) in [6.45, 7) is 3.65. The maximum atomic E-state index is 14.2. The van der Waals surface area contributed by atoms with Gasteiger partial charge in [0.15, 0.2) is 0 Å². The molecule has 1 aromatic rings. The van der Waals surface area contributed by atoms with Gasteiger partial charge in [-0.25, -0.2) is 4.39 Å². The van der Waals surface area contributed by atoms with Gasteiger partial charge in [-0.05, 0) is 37.4 Å². The number of hydrogen-bond acceptors (Lipinski definition) is 2. The monoisotopic (exact) mass is 283 g/mol. The van der Waals surface area contributed by atoms with E-state index in [1.165, 1.54) is 0 Å². The van der Waals surface area contributed by atoms with Crippen molar-refractivity contribution >= 4 is 11.6 Å². The molecular formula is C15H19ClFNO. The van der Waals surface area contributed by atoms with Gasteiger partial charge < -0.3 is 10.1 Å². The van der Waals surface area contributed by atoms with Crippen LogP contribution in [0.4, 0.5) is 4.39 Å². The largest absolute Gasteiger partial charge is 0.501 e. The Morgan fingerprint density at radius 3 is 3.00 bits per heavy atom. The summed E-state index contributed by atoms with van der Waals surface area (Å²) >= 11 is 5.88. The number of nitrogens with one attached hydrogen (secondary N) is 1. The first-order valence-electron chi connectivity index (χ1n) is 6.72. The van der Waals surface area contributed by atoms with Crippen molar-refractivity contribution in [2.45, 2.75) is 32.2 Å². The first-order chi connectivity index (χ1) is 9.24. The first kappa shape index (κ1) is 14.4. The van der Waals surface area contributed by atoms with Gasteiger partial charge in [-0.15, -0.1) is 0 Å². The fourth-order valence-electron chi connectivity index (χ4n) is 2.27. The zero-order valence-corrected chi connectivity index (χ0v) is 11.8. The number of benzene rings is 1. The van der Waals surface area contributed by atoms with Crippen LogP contribution in [-0.4, -0.2) is 13.2 Å². The molecule has 1 heterocycles. The summed E-state index contributed by atoms with van der Waals surface area (Å²) in [4.78, 5) is 0. The molecule has 1 aliphatic rings. The number of ether oxygens (including phenoxy) is 1. The minimum atomic E-state index is -0.343. The van der Waals surface area contributed by atoms with Crippen LogP contribution in [0.5, 0.6) is 0 Å². The van der Waals surface area contributed by atoms with Gasteiger partial charge in [0.05, 0.1) is 23.9 Å². The highest BCUT2D eigenvalue weighted by atomic mass is 35.5. The highest BCUT2D eigenvalue weighted by Gasteiger charge is 2.22. The molecule has 0 radical (unpaired) electrons. The van der Waals surface area contributed by atoms with E-state index in [0.29, 0.717) is 5.56 Å². The van der Waals surface area contributed by atoms with Crippen LogP contribution >= 0.6 is 11.6 Å². The molecule has 2 rings (SSSR count). The van der Waals surface area contributed by atoms with Crippen LogP contribution in [0, 0.1) is 5.82 Å². The second kappa shape index (κ2) is 6.92. The molecule has 0 fully saturated rings. The standard InChI is InChI=1S/C15H19ClFNO/c1-2-8-18-15(11-5-4-9-19-10-11)12-6-3-7-13(16)14(12)17/h3,6-7,10,15,18H,2,4-5,8-9H2,1H3. The van der Waals surface area contributed by atoms with E-state index in [1.54, 1.807) is 24.5 Å². The van der Waals surface area contributed by atoms with Crippen LogP contribution in [0.15, 0.2) is 30.0 Å². The molecule has 2 nitrogen and oxygen atoms in total. The summed E-state index contributed by atoms with van der Waals surface area (Å²) in [7, 11) is 0. The van der Waals surface area contributed by atoms with Gasteiger partial charge in [0.25, 0.3) is 0 Å². The zero-order chi connectivity index (χ0) is 13.7. The SMILES string of the molecule is CCCNC(C1=COCCC1)c1cccc(Cl)c1F. The van der Waals surface area contributed by atoms with E-state index in [2.05, 4.69) is 12.2 Å². The van der Waals surface area contributed by atoms with Gasteiger partial charge in [0.1, 0.15) is 5.82 Å². The molecule has 0 saturated carbocycles. The van der Waals surface area contributed by atoms with Crippen molar-refractivity contribution in [3.63, 3.8) is 0 Å². The van der Waals surface area contributed by atoms with Crippen molar-refractivity contribution in [2.24, 2.45) is 0 Å². The van der Waals surface area contributed by atoms with Crippen molar-refractivity contribution in [1.82, 2.24) is 5.32 Å². The molecule has 1 atom stereocenters. The normalized spacial score (nSPS) is 16.7. The van der Waals surface area contributed by atoms with Gasteiger partial charge in [0, 0.05) is 5.56 Å². The zero-order valence-electron chi connectivity index (χ0n) is 11.1. The molecule has 1 aromatic carbocycles. The summed E-state index contributed by atoms with van der Waals surface area (Å²) in [5, 5.41) is 3.54. The molecule has 1 unspecified atom stereocenters. The summed E-state index contributed by atoms with van der Waals surface area (Å²) < 4.78 is 19.6. The van der Waals surface area contributed by atoms with Gasteiger partial charge in [-0.3, -0.25) is 0 Å². The van der Waals surface area contributed by atoms with Crippen molar-refractivity contribution in [3.05, 3.63) is 46.4 Å². The quantitative estimate of drug-likeness (QED) is 0.874. The lowest BCUT2D eigenvalue weighted by Gasteiger charge is -2.25. The molecule has 104 valence electrons. The Balaban J connectivity index is 2.30. The average molecular weight is 284 g/mol. The molecule has 1 N–H and O–H groups in total. The van der Waals surface area contributed by atoms with E-state index >= 15 is 0 Å². The van der Waals surface area contributed by atoms with E-state index < -0.39 is 0 Å². The molecule has 0 aliphatic carbocycles. The average Bonchev–Trinajstić information content (AvgIpc) is 2.45. The Labute approximate surface area is 118 Å². The third-order valence-corrected chi connectivity index (χ3v) is 3.52. The van der Waals surface area contributed by atoms with Crippen LogP contribution in [0.25, 0.3) is 0 Å². The molecule has 0 bridgehead atoms. The molecule has 1 aliphatic heterocycles. The highest BCUT2D eigenvalue weighted by molar-refractivity contribution is 6.30. The smallest absolute Gasteiger partial charge is 0.146 e. The van der Waals surface area contributed by atoms with Crippen molar-refractivity contribution < 1.29 is 9.13 Å². The van der Waals surface area contributed by atoms with Crippen LogP contribution in [-0.2, 0) is 4.74 Å². The fraction of sp³-hybridized carbons (Fsp3) is 0.467. The fourth-order valence-corrected chi connectivity index (χ4v) is 2.45. The predicted molar refractivity (Wildman–Crippen MR) is 75.7 cm³/mol. The number of halogens is 2.